The van der Waals surface area contributed by atoms with Gasteiger partial charge in [0, 0.05) is 25.6 Å². The van der Waals surface area contributed by atoms with Gasteiger partial charge >= 0.3 is 0 Å². The summed E-state index contributed by atoms with van der Waals surface area (Å²) in [6, 6.07) is 2.03. The van der Waals surface area contributed by atoms with Gasteiger partial charge in [0.2, 0.25) is 0 Å². The Kier molecular flexibility index (Phi) is 3.00. The van der Waals surface area contributed by atoms with E-state index in [2.05, 4.69) is 5.10 Å². The average Bonchev–Trinajstić information content (AvgIpc) is 2.95. The Balaban J connectivity index is 1.57. The molecule has 0 amide bonds. The summed E-state index contributed by atoms with van der Waals surface area (Å²) < 4.78 is 1.84. The second-order valence-corrected chi connectivity index (χ2v) is 6.26. The maximum atomic E-state index is 12.2. The van der Waals surface area contributed by atoms with Gasteiger partial charge in [-0.2, -0.15) is 5.10 Å². The number of hydrogen-bond donors (Lipinski definition) is 0. The van der Waals surface area contributed by atoms with Gasteiger partial charge in [-0.25, -0.2) is 0 Å². The van der Waals surface area contributed by atoms with E-state index >= 15 is 0 Å². The van der Waals surface area contributed by atoms with Crippen molar-refractivity contribution in [1.29, 1.82) is 0 Å². The van der Waals surface area contributed by atoms with Crippen molar-refractivity contribution in [3.63, 3.8) is 0 Å². The molecule has 1 aromatic heterocycles. The van der Waals surface area contributed by atoms with Crippen LogP contribution < -0.4 is 0 Å². The monoisotopic (exact) mass is 246 g/mol. The predicted molar refractivity (Wildman–Crippen MR) is 70.2 cm³/mol. The van der Waals surface area contributed by atoms with Crippen molar-refractivity contribution in [1.82, 2.24) is 9.78 Å². The molecule has 1 heterocycles. The quantitative estimate of drug-likeness (QED) is 0.818. The van der Waals surface area contributed by atoms with Crippen molar-refractivity contribution in [2.45, 2.75) is 45.4 Å². The normalized spacial score (nSPS) is 30.0. The lowest BCUT2D eigenvalue weighted by atomic mass is 9.84. The first-order valence-electron chi connectivity index (χ1n) is 7.13. The molecule has 3 unspecified atom stereocenters. The standard InChI is InChI=1S/C15H22N2O/c1-10-5-14(17(2)16-10)9-15(18)8-13-7-11-3-4-12(13)6-11/h5,11-13H,3-4,6-9H2,1-2H3. The molecule has 2 fully saturated rings. The van der Waals surface area contributed by atoms with Gasteiger partial charge in [-0.15, -0.1) is 0 Å². The van der Waals surface area contributed by atoms with Crippen molar-refractivity contribution in [3.8, 4) is 0 Å². The van der Waals surface area contributed by atoms with E-state index in [0.29, 0.717) is 18.1 Å². The van der Waals surface area contributed by atoms with Crippen molar-refractivity contribution in [3.05, 3.63) is 17.5 Å². The highest BCUT2D eigenvalue weighted by Crippen LogP contribution is 2.49. The van der Waals surface area contributed by atoms with Gasteiger partial charge in [0.1, 0.15) is 5.78 Å². The molecule has 0 aromatic carbocycles. The van der Waals surface area contributed by atoms with Crippen LogP contribution in [0.4, 0.5) is 0 Å². The van der Waals surface area contributed by atoms with E-state index < -0.39 is 0 Å². The van der Waals surface area contributed by atoms with Gasteiger partial charge < -0.3 is 0 Å². The van der Waals surface area contributed by atoms with Crippen LogP contribution in [-0.4, -0.2) is 15.6 Å². The highest BCUT2D eigenvalue weighted by molar-refractivity contribution is 5.80. The molecule has 0 saturated heterocycles. The van der Waals surface area contributed by atoms with Crippen LogP contribution in [0.2, 0.25) is 0 Å². The molecular formula is C15H22N2O. The first-order valence-corrected chi connectivity index (χ1v) is 7.13. The van der Waals surface area contributed by atoms with E-state index in [1.54, 1.807) is 0 Å². The van der Waals surface area contributed by atoms with Gasteiger partial charge in [-0.1, -0.05) is 6.42 Å². The molecule has 2 bridgehead atoms. The molecule has 0 aliphatic heterocycles. The third-order valence-corrected chi connectivity index (χ3v) is 4.85. The maximum Gasteiger partial charge on any atom is 0.139 e. The third kappa shape index (κ3) is 2.23. The van der Waals surface area contributed by atoms with E-state index in [1.807, 2.05) is 24.7 Å². The highest BCUT2D eigenvalue weighted by atomic mass is 16.1. The summed E-state index contributed by atoms with van der Waals surface area (Å²) in [5, 5.41) is 4.30. The van der Waals surface area contributed by atoms with Crippen LogP contribution in [0.25, 0.3) is 0 Å². The fourth-order valence-corrected chi connectivity index (χ4v) is 4.02. The largest absolute Gasteiger partial charge is 0.299 e. The fraction of sp³-hybridized carbons (Fsp3) is 0.733. The number of aryl methyl sites for hydroxylation is 2. The number of Topliss-reactive ketones (excluding diaryl/α,β-unsaturated/α-hetero) is 1. The second-order valence-electron chi connectivity index (χ2n) is 6.26. The van der Waals surface area contributed by atoms with Crippen LogP contribution >= 0.6 is 0 Å². The Hall–Kier alpha value is -1.12. The summed E-state index contributed by atoms with van der Waals surface area (Å²) in [5.74, 6) is 2.88. The minimum Gasteiger partial charge on any atom is -0.299 e. The van der Waals surface area contributed by atoms with Gasteiger partial charge in [0.25, 0.3) is 0 Å². The van der Waals surface area contributed by atoms with Gasteiger partial charge in [0.15, 0.2) is 0 Å². The number of fused-ring (bicyclic) bond motifs is 2. The minimum atomic E-state index is 0.399. The minimum absolute atomic E-state index is 0.399. The maximum absolute atomic E-state index is 12.2. The summed E-state index contributed by atoms with van der Waals surface area (Å²) in [7, 11) is 1.92. The summed E-state index contributed by atoms with van der Waals surface area (Å²) in [4.78, 5) is 12.2. The average molecular weight is 246 g/mol. The molecule has 98 valence electrons. The predicted octanol–water partition coefficient (Wildman–Crippen LogP) is 2.67. The van der Waals surface area contributed by atoms with E-state index in [4.69, 9.17) is 0 Å². The van der Waals surface area contributed by atoms with Crippen LogP contribution in [0.5, 0.6) is 0 Å². The number of aromatic nitrogens is 2. The van der Waals surface area contributed by atoms with E-state index in [0.717, 1.165) is 29.6 Å². The summed E-state index contributed by atoms with van der Waals surface area (Å²) >= 11 is 0. The van der Waals surface area contributed by atoms with Crippen molar-refractivity contribution in [2.75, 3.05) is 0 Å². The van der Waals surface area contributed by atoms with E-state index in [1.165, 1.54) is 25.7 Å². The number of rotatable bonds is 4. The smallest absolute Gasteiger partial charge is 0.139 e. The zero-order valence-corrected chi connectivity index (χ0v) is 11.4. The molecule has 0 spiro atoms. The fourth-order valence-electron chi connectivity index (χ4n) is 4.02. The molecule has 2 aliphatic carbocycles. The van der Waals surface area contributed by atoms with E-state index in [-0.39, 0.29) is 0 Å². The second kappa shape index (κ2) is 4.52. The van der Waals surface area contributed by atoms with Crippen LogP contribution in [0, 0.1) is 24.7 Å². The Morgan fingerprint density at radius 2 is 2.28 bits per heavy atom. The van der Waals surface area contributed by atoms with Crippen LogP contribution in [0.1, 0.15) is 43.5 Å². The summed E-state index contributed by atoms with van der Waals surface area (Å²) in [6.07, 6.45) is 6.84. The molecule has 3 nitrogen and oxygen atoms in total. The molecule has 2 saturated carbocycles. The van der Waals surface area contributed by atoms with Crippen molar-refractivity contribution in [2.24, 2.45) is 24.8 Å². The number of carbonyl (C=O) groups excluding carboxylic acids is 1. The van der Waals surface area contributed by atoms with Crippen LogP contribution in [0.15, 0.2) is 6.07 Å². The number of hydrogen-bond acceptors (Lipinski definition) is 2. The van der Waals surface area contributed by atoms with Gasteiger partial charge in [-0.05, 0) is 50.0 Å². The third-order valence-electron chi connectivity index (χ3n) is 4.85. The Morgan fingerprint density at radius 1 is 1.44 bits per heavy atom. The highest BCUT2D eigenvalue weighted by Gasteiger charge is 2.39. The van der Waals surface area contributed by atoms with Crippen molar-refractivity contribution < 1.29 is 4.79 Å². The number of nitrogens with zero attached hydrogens (tertiary/aromatic N) is 2. The lowest BCUT2D eigenvalue weighted by Gasteiger charge is -2.20. The Bertz CT molecular complexity index is 463. The molecule has 1 aromatic rings. The molecule has 2 aliphatic rings. The molecule has 3 atom stereocenters. The summed E-state index contributed by atoms with van der Waals surface area (Å²) in [6.45, 7) is 1.98. The lowest BCUT2D eigenvalue weighted by molar-refractivity contribution is -0.119. The van der Waals surface area contributed by atoms with Gasteiger partial charge in [-0.3, -0.25) is 9.48 Å². The molecular weight excluding hydrogens is 224 g/mol. The molecule has 3 rings (SSSR count). The number of ketones is 1. The molecule has 3 heteroatoms. The lowest BCUT2D eigenvalue weighted by Crippen LogP contribution is -2.17. The Labute approximate surface area is 109 Å². The SMILES string of the molecule is Cc1cc(CC(=O)CC2CC3CCC2C3)n(C)n1. The molecule has 18 heavy (non-hydrogen) atoms. The topological polar surface area (TPSA) is 34.9 Å². The first-order chi connectivity index (χ1) is 8.61. The van der Waals surface area contributed by atoms with Crippen LogP contribution in [-0.2, 0) is 18.3 Å². The van der Waals surface area contributed by atoms with Crippen LogP contribution in [0.3, 0.4) is 0 Å². The molecule has 0 radical (unpaired) electrons. The molecule has 0 N–H and O–H groups in total. The zero-order chi connectivity index (χ0) is 12.7. The number of carbonyl (C=O) groups is 1. The van der Waals surface area contributed by atoms with Gasteiger partial charge in [0.05, 0.1) is 5.69 Å². The first kappa shape index (κ1) is 11.9. The van der Waals surface area contributed by atoms with E-state index in [9.17, 15) is 4.79 Å². The Morgan fingerprint density at radius 3 is 2.83 bits per heavy atom. The summed E-state index contributed by atoms with van der Waals surface area (Å²) in [5.41, 5.74) is 2.06. The zero-order valence-electron chi connectivity index (χ0n) is 11.4. The van der Waals surface area contributed by atoms with Crippen molar-refractivity contribution >= 4 is 5.78 Å².